The fraction of sp³-hybridized carbons (Fsp3) is 0.429. The first-order valence-corrected chi connectivity index (χ1v) is 6.68. The normalized spacial score (nSPS) is 21.6. The first-order chi connectivity index (χ1) is 8.99. The lowest BCUT2D eigenvalue weighted by Crippen LogP contribution is -2.51. The molecule has 1 fully saturated rings. The lowest BCUT2D eigenvalue weighted by Gasteiger charge is -2.30. The maximum atomic E-state index is 12.0. The Hall–Kier alpha value is -1.39. The number of hydrogen-bond acceptors (Lipinski definition) is 3. The second-order valence-corrected chi connectivity index (χ2v) is 5.26. The molecule has 19 heavy (non-hydrogen) atoms. The molecule has 2 rings (SSSR count). The Bertz CT molecular complexity index is 504. The van der Waals surface area contributed by atoms with Crippen LogP contribution in [-0.4, -0.2) is 29.8 Å². The van der Waals surface area contributed by atoms with Crippen molar-refractivity contribution in [3.05, 3.63) is 34.9 Å². The lowest BCUT2D eigenvalue weighted by molar-refractivity contribution is -0.148. The molecule has 0 spiro atoms. The number of nitrogens with zero attached hydrogens (tertiary/aromatic N) is 1. The van der Waals surface area contributed by atoms with Gasteiger partial charge in [0.1, 0.15) is 0 Å². The van der Waals surface area contributed by atoms with Gasteiger partial charge in [-0.25, -0.2) is 0 Å². The molecular formula is C14H17ClN2O2. The monoisotopic (exact) mass is 280 g/mol. The molecule has 0 aromatic heterocycles. The van der Waals surface area contributed by atoms with Crippen LogP contribution in [0.2, 0.25) is 5.02 Å². The van der Waals surface area contributed by atoms with Crippen LogP contribution in [0.4, 0.5) is 0 Å². The second kappa shape index (κ2) is 5.72. The molecule has 2 atom stereocenters. The predicted octanol–water partition coefficient (Wildman–Crippen LogP) is 2.14. The number of rotatable bonds is 3. The van der Waals surface area contributed by atoms with Gasteiger partial charge in [-0.1, -0.05) is 23.7 Å². The molecule has 2 unspecified atom stereocenters. The second-order valence-electron chi connectivity index (χ2n) is 4.83. The molecule has 0 bridgehead atoms. The van der Waals surface area contributed by atoms with E-state index < -0.39 is 0 Å². The quantitative estimate of drug-likeness (QED) is 0.863. The van der Waals surface area contributed by atoms with Crippen molar-refractivity contribution >= 4 is 23.4 Å². The highest BCUT2D eigenvalue weighted by Gasteiger charge is 2.32. The minimum absolute atomic E-state index is 0.00857. The summed E-state index contributed by atoms with van der Waals surface area (Å²) in [5.74, 6) is -0.274. The summed E-state index contributed by atoms with van der Waals surface area (Å²) in [6.07, 6.45) is 0.953. The maximum absolute atomic E-state index is 12.0. The van der Waals surface area contributed by atoms with Crippen molar-refractivity contribution in [2.24, 2.45) is 0 Å². The fourth-order valence-corrected chi connectivity index (χ4v) is 2.44. The highest BCUT2D eigenvalue weighted by atomic mass is 35.5. The number of carbonyl (C=O) groups is 2. The molecule has 4 nitrogen and oxygen atoms in total. The SMILES string of the molecule is CC(NC1CCC(=O)N(C)C1=O)c1cccc(Cl)c1. The predicted molar refractivity (Wildman–Crippen MR) is 73.8 cm³/mol. The number of halogens is 1. The first-order valence-electron chi connectivity index (χ1n) is 6.31. The van der Waals surface area contributed by atoms with Crippen LogP contribution >= 0.6 is 11.6 Å². The summed E-state index contributed by atoms with van der Waals surface area (Å²) < 4.78 is 0. The van der Waals surface area contributed by atoms with Crippen molar-refractivity contribution < 1.29 is 9.59 Å². The standard InChI is InChI=1S/C14H17ClN2O2/c1-9(10-4-3-5-11(15)8-10)16-12-6-7-13(18)17(2)14(12)19/h3-5,8-9,12,16H,6-7H2,1-2H3. The molecule has 1 aliphatic rings. The Balaban J connectivity index is 2.05. The van der Waals surface area contributed by atoms with E-state index in [1.54, 1.807) is 0 Å². The zero-order valence-corrected chi connectivity index (χ0v) is 11.8. The van der Waals surface area contributed by atoms with Gasteiger partial charge in [0.2, 0.25) is 11.8 Å². The molecule has 102 valence electrons. The molecule has 0 radical (unpaired) electrons. The zero-order chi connectivity index (χ0) is 14.0. The number of carbonyl (C=O) groups excluding carboxylic acids is 2. The lowest BCUT2D eigenvalue weighted by atomic mass is 10.0. The summed E-state index contributed by atoms with van der Waals surface area (Å²) in [6, 6.07) is 7.24. The Morgan fingerprint density at radius 3 is 2.84 bits per heavy atom. The summed E-state index contributed by atoms with van der Waals surface area (Å²) in [4.78, 5) is 24.6. The number of likely N-dealkylation sites (tertiary alicyclic amines) is 1. The Kier molecular flexibility index (Phi) is 4.22. The van der Waals surface area contributed by atoms with Crippen LogP contribution < -0.4 is 5.32 Å². The smallest absolute Gasteiger partial charge is 0.246 e. The first kappa shape index (κ1) is 14.0. The van der Waals surface area contributed by atoms with Crippen LogP contribution in [0, 0.1) is 0 Å². The molecule has 1 aliphatic heterocycles. The van der Waals surface area contributed by atoms with Crippen molar-refractivity contribution in [2.45, 2.75) is 31.8 Å². The van der Waals surface area contributed by atoms with Crippen molar-refractivity contribution in [2.75, 3.05) is 7.05 Å². The van der Waals surface area contributed by atoms with Gasteiger partial charge in [0, 0.05) is 24.5 Å². The maximum Gasteiger partial charge on any atom is 0.246 e. The highest BCUT2D eigenvalue weighted by Crippen LogP contribution is 2.20. The molecule has 1 saturated heterocycles. The summed E-state index contributed by atoms with van der Waals surface area (Å²) in [5.41, 5.74) is 1.03. The Morgan fingerprint density at radius 1 is 1.42 bits per heavy atom. The third-order valence-electron chi connectivity index (χ3n) is 3.45. The summed E-state index contributed by atoms with van der Waals surface area (Å²) >= 11 is 5.96. The number of benzene rings is 1. The number of amides is 2. The van der Waals surface area contributed by atoms with Gasteiger partial charge in [0.15, 0.2) is 0 Å². The minimum Gasteiger partial charge on any atom is -0.299 e. The van der Waals surface area contributed by atoms with E-state index in [-0.39, 0.29) is 23.9 Å². The molecule has 1 aromatic carbocycles. The largest absolute Gasteiger partial charge is 0.299 e. The van der Waals surface area contributed by atoms with E-state index in [0.29, 0.717) is 17.9 Å². The van der Waals surface area contributed by atoms with Crippen LogP contribution in [0.25, 0.3) is 0 Å². The zero-order valence-electron chi connectivity index (χ0n) is 11.0. The third kappa shape index (κ3) is 3.14. The van der Waals surface area contributed by atoms with Crippen molar-refractivity contribution in [1.82, 2.24) is 10.2 Å². The van der Waals surface area contributed by atoms with Gasteiger partial charge in [-0.3, -0.25) is 19.8 Å². The van der Waals surface area contributed by atoms with E-state index in [4.69, 9.17) is 11.6 Å². The van der Waals surface area contributed by atoms with Gasteiger partial charge in [-0.15, -0.1) is 0 Å². The van der Waals surface area contributed by atoms with Crippen molar-refractivity contribution in [1.29, 1.82) is 0 Å². The third-order valence-corrected chi connectivity index (χ3v) is 3.68. The van der Waals surface area contributed by atoms with E-state index in [9.17, 15) is 9.59 Å². The van der Waals surface area contributed by atoms with E-state index in [1.165, 1.54) is 11.9 Å². The highest BCUT2D eigenvalue weighted by molar-refractivity contribution is 6.30. The molecule has 5 heteroatoms. The van der Waals surface area contributed by atoms with E-state index in [0.717, 1.165) is 5.56 Å². The van der Waals surface area contributed by atoms with Crippen molar-refractivity contribution in [3.8, 4) is 0 Å². The molecule has 2 amide bonds. The van der Waals surface area contributed by atoms with Crippen LogP contribution in [0.5, 0.6) is 0 Å². The van der Waals surface area contributed by atoms with Crippen LogP contribution in [0.3, 0.4) is 0 Å². The molecule has 1 N–H and O–H groups in total. The number of imide groups is 1. The fourth-order valence-electron chi connectivity index (χ4n) is 2.24. The van der Waals surface area contributed by atoms with Crippen LogP contribution in [0.15, 0.2) is 24.3 Å². The van der Waals surface area contributed by atoms with Gasteiger partial charge in [-0.2, -0.15) is 0 Å². The minimum atomic E-state index is -0.309. The summed E-state index contributed by atoms with van der Waals surface area (Å²) in [5, 5.41) is 3.94. The van der Waals surface area contributed by atoms with Gasteiger partial charge in [0.05, 0.1) is 6.04 Å². The number of hydrogen-bond donors (Lipinski definition) is 1. The summed E-state index contributed by atoms with van der Waals surface area (Å²) in [6.45, 7) is 1.98. The van der Waals surface area contributed by atoms with Crippen molar-refractivity contribution in [3.63, 3.8) is 0 Å². The van der Waals surface area contributed by atoms with Gasteiger partial charge >= 0.3 is 0 Å². The average Bonchev–Trinajstić information content (AvgIpc) is 2.39. The van der Waals surface area contributed by atoms with E-state index in [2.05, 4.69) is 5.32 Å². The molecular weight excluding hydrogens is 264 g/mol. The van der Waals surface area contributed by atoms with Crippen LogP contribution in [0.1, 0.15) is 31.4 Å². The Labute approximate surface area is 117 Å². The van der Waals surface area contributed by atoms with E-state index >= 15 is 0 Å². The molecule has 1 heterocycles. The number of nitrogens with one attached hydrogen (secondary N) is 1. The average molecular weight is 281 g/mol. The topological polar surface area (TPSA) is 49.4 Å². The van der Waals surface area contributed by atoms with E-state index in [1.807, 2.05) is 31.2 Å². The number of likely N-dealkylation sites (N-methyl/N-ethyl adjacent to an activating group) is 1. The number of piperidine rings is 1. The molecule has 0 saturated carbocycles. The molecule has 1 aromatic rings. The van der Waals surface area contributed by atoms with Gasteiger partial charge < -0.3 is 0 Å². The molecule has 0 aliphatic carbocycles. The van der Waals surface area contributed by atoms with Gasteiger partial charge in [-0.05, 0) is 31.0 Å². The van der Waals surface area contributed by atoms with Gasteiger partial charge in [0.25, 0.3) is 0 Å². The summed E-state index contributed by atoms with van der Waals surface area (Å²) in [7, 11) is 1.53. The van der Waals surface area contributed by atoms with Crippen LogP contribution in [-0.2, 0) is 9.59 Å². The Morgan fingerprint density at radius 2 is 2.16 bits per heavy atom.